The molecule has 1 aliphatic heterocycles. The highest BCUT2D eigenvalue weighted by Crippen LogP contribution is 2.50. The van der Waals surface area contributed by atoms with E-state index in [-0.39, 0.29) is 16.7 Å². The van der Waals surface area contributed by atoms with Gasteiger partial charge in [-0.15, -0.1) is 0 Å². The Bertz CT molecular complexity index is 249. The van der Waals surface area contributed by atoms with Crippen LogP contribution in [0.25, 0.3) is 0 Å². The summed E-state index contributed by atoms with van der Waals surface area (Å²) in [7, 11) is 0. The number of carbonyl (C=O) groups is 1. The Morgan fingerprint density at radius 1 is 1.27 bits per heavy atom. The second-order valence-electron chi connectivity index (χ2n) is 4.77. The highest BCUT2D eigenvalue weighted by atomic mass is 32.2. The Labute approximate surface area is 94.8 Å². The third-order valence-corrected chi connectivity index (χ3v) is 5.56. The monoisotopic (exact) mass is 229 g/mol. The SMILES string of the molecule is NC1CSC2(CCCCCC2)C1C(=O)O. The summed E-state index contributed by atoms with van der Waals surface area (Å²) in [6.45, 7) is 0. The zero-order chi connectivity index (χ0) is 10.9. The average molecular weight is 229 g/mol. The minimum absolute atomic E-state index is 0.0399. The van der Waals surface area contributed by atoms with E-state index < -0.39 is 5.97 Å². The summed E-state index contributed by atoms with van der Waals surface area (Å²) in [4.78, 5) is 11.3. The Morgan fingerprint density at radius 2 is 1.87 bits per heavy atom. The Morgan fingerprint density at radius 3 is 2.40 bits per heavy atom. The molecule has 4 heteroatoms. The van der Waals surface area contributed by atoms with Crippen LogP contribution < -0.4 is 5.73 Å². The molecule has 86 valence electrons. The molecule has 2 fully saturated rings. The van der Waals surface area contributed by atoms with Crippen LogP contribution in [0.4, 0.5) is 0 Å². The van der Waals surface area contributed by atoms with E-state index in [1.807, 2.05) is 11.8 Å². The molecule has 0 amide bonds. The van der Waals surface area contributed by atoms with Gasteiger partial charge in [0, 0.05) is 16.5 Å². The van der Waals surface area contributed by atoms with Crippen LogP contribution in [-0.2, 0) is 4.79 Å². The number of carboxylic acid groups (broad SMARTS) is 1. The first kappa shape index (κ1) is 11.3. The predicted octanol–water partition coefficient (Wildman–Crippen LogP) is 1.85. The highest BCUT2D eigenvalue weighted by molar-refractivity contribution is 8.01. The van der Waals surface area contributed by atoms with Crippen molar-refractivity contribution in [3.8, 4) is 0 Å². The molecule has 1 aliphatic carbocycles. The van der Waals surface area contributed by atoms with Gasteiger partial charge in [-0.2, -0.15) is 11.8 Å². The Hall–Kier alpha value is -0.220. The van der Waals surface area contributed by atoms with Crippen molar-refractivity contribution >= 4 is 17.7 Å². The van der Waals surface area contributed by atoms with Gasteiger partial charge in [0.2, 0.25) is 0 Å². The van der Waals surface area contributed by atoms with Crippen molar-refractivity contribution in [1.29, 1.82) is 0 Å². The normalized spacial score (nSPS) is 35.3. The maximum absolute atomic E-state index is 11.3. The lowest BCUT2D eigenvalue weighted by atomic mass is 9.81. The second kappa shape index (κ2) is 4.34. The van der Waals surface area contributed by atoms with Crippen LogP contribution >= 0.6 is 11.8 Å². The fourth-order valence-corrected chi connectivity index (χ4v) is 4.78. The van der Waals surface area contributed by atoms with E-state index >= 15 is 0 Å². The quantitative estimate of drug-likeness (QED) is 0.720. The van der Waals surface area contributed by atoms with Crippen molar-refractivity contribution in [2.24, 2.45) is 11.7 Å². The number of aliphatic carboxylic acids is 1. The number of nitrogens with two attached hydrogens (primary N) is 1. The van der Waals surface area contributed by atoms with Gasteiger partial charge in [-0.3, -0.25) is 4.79 Å². The molecular formula is C11H19NO2S. The third-order valence-electron chi connectivity index (χ3n) is 3.77. The van der Waals surface area contributed by atoms with Crippen molar-refractivity contribution in [2.75, 3.05) is 5.75 Å². The van der Waals surface area contributed by atoms with E-state index in [1.54, 1.807) is 0 Å². The summed E-state index contributed by atoms with van der Waals surface area (Å²) in [5.74, 6) is -0.188. The molecule has 1 heterocycles. The van der Waals surface area contributed by atoms with E-state index in [9.17, 15) is 9.90 Å². The number of thioether (sulfide) groups is 1. The summed E-state index contributed by atoms with van der Waals surface area (Å²) in [6, 6.07) is -0.148. The molecule has 2 rings (SSSR count). The average Bonchev–Trinajstić information content (AvgIpc) is 2.35. The minimum Gasteiger partial charge on any atom is -0.481 e. The zero-order valence-electron chi connectivity index (χ0n) is 8.95. The minimum atomic E-state index is -0.686. The van der Waals surface area contributed by atoms with Gasteiger partial charge in [0.05, 0.1) is 5.92 Å². The fraction of sp³-hybridized carbons (Fsp3) is 0.909. The van der Waals surface area contributed by atoms with Crippen LogP contribution in [-0.4, -0.2) is 27.6 Å². The zero-order valence-corrected chi connectivity index (χ0v) is 9.76. The number of hydrogen-bond acceptors (Lipinski definition) is 3. The van der Waals surface area contributed by atoms with Gasteiger partial charge in [-0.05, 0) is 12.8 Å². The van der Waals surface area contributed by atoms with E-state index in [1.165, 1.54) is 25.7 Å². The second-order valence-corrected chi connectivity index (χ2v) is 6.20. The standard InChI is InChI=1S/C11H19NO2S/c12-8-7-15-11(9(8)10(13)14)5-3-1-2-4-6-11/h8-9H,1-7,12H2,(H,13,14). The van der Waals surface area contributed by atoms with Gasteiger partial charge >= 0.3 is 5.97 Å². The number of hydrogen-bond donors (Lipinski definition) is 2. The summed E-state index contributed by atoms with van der Waals surface area (Å²) >= 11 is 1.82. The van der Waals surface area contributed by atoms with E-state index in [0.29, 0.717) is 0 Å². The van der Waals surface area contributed by atoms with Gasteiger partial charge in [0.1, 0.15) is 0 Å². The van der Waals surface area contributed by atoms with Crippen molar-refractivity contribution in [3.63, 3.8) is 0 Å². The van der Waals surface area contributed by atoms with Crippen LogP contribution in [0.3, 0.4) is 0 Å². The fourth-order valence-electron chi connectivity index (χ4n) is 3.03. The highest BCUT2D eigenvalue weighted by Gasteiger charge is 2.51. The van der Waals surface area contributed by atoms with E-state index in [0.717, 1.165) is 18.6 Å². The lowest BCUT2D eigenvalue weighted by molar-refractivity contribution is -0.143. The Kier molecular flexibility index (Phi) is 3.26. The molecule has 2 atom stereocenters. The van der Waals surface area contributed by atoms with Crippen molar-refractivity contribution in [3.05, 3.63) is 0 Å². The summed E-state index contributed by atoms with van der Waals surface area (Å²) in [5, 5.41) is 9.30. The van der Waals surface area contributed by atoms with Crippen LogP contribution in [0, 0.1) is 5.92 Å². The first-order valence-electron chi connectivity index (χ1n) is 5.78. The molecule has 0 radical (unpaired) electrons. The molecule has 2 aliphatic rings. The van der Waals surface area contributed by atoms with E-state index in [2.05, 4.69) is 0 Å². The van der Waals surface area contributed by atoms with Gasteiger partial charge < -0.3 is 10.8 Å². The van der Waals surface area contributed by atoms with Crippen LogP contribution in [0.15, 0.2) is 0 Å². The van der Waals surface area contributed by atoms with Gasteiger partial charge in [-0.1, -0.05) is 25.7 Å². The molecule has 15 heavy (non-hydrogen) atoms. The summed E-state index contributed by atoms with van der Waals surface area (Å²) in [6.07, 6.45) is 6.94. The molecule has 0 aromatic carbocycles. The molecule has 0 aromatic heterocycles. The predicted molar refractivity (Wildman–Crippen MR) is 62.0 cm³/mol. The summed E-state index contributed by atoms with van der Waals surface area (Å²) in [5.41, 5.74) is 5.93. The molecular weight excluding hydrogens is 210 g/mol. The van der Waals surface area contributed by atoms with Gasteiger partial charge in [0.25, 0.3) is 0 Å². The van der Waals surface area contributed by atoms with Gasteiger partial charge in [0.15, 0.2) is 0 Å². The lowest BCUT2D eigenvalue weighted by Crippen LogP contribution is -2.44. The largest absolute Gasteiger partial charge is 0.481 e. The first-order valence-corrected chi connectivity index (χ1v) is 6.77. The van der Waals surface area contributed by atoms with Crippen LogP contribution in [0.5, 0.6) is 0 Å². The lowest BCUT2D eigenvalue weighted by Gasteiger charge is -2.32. The molecule has 2 unspecified atom stereocenters. The Balaban J connectivity index is 2.20. The summed E-state index contributed by atoms with van der Waals surface area (Å²) < 4.78 is -0.0399. The molecule has 0 aromatic rings. The van der Waals surface area contributed by atoms with Crippen molar-refractivity contribution in [2.45, 2.75) is 49.3 Å². The molecule has 1 saturated heterocycles. The molecule has 3 nitrogen and oxygen atoms in total. The first-order chi connectivity index (χ1) is 7.16. The van der Waals surface area contributed by atoms with Crippen LogP contribution in [0.1, 0.15) is 38.5 Å². The van der Waals surface area contributed by atoms with Crippen molar-refractivity contribution < 1.29 is 9.90 Å². The molecule has 1 saturated carbocycles. The van der Waals surface area contributed by atoms with E-state index in [4.69, 9.17) is 5.73 Å². The van der Waals surface area contributed by atoms with Gasteiger partial charge in [-0.25, -0.2) is 0 Å². The smallest absolute Gasteiger partial charge is 0.309 e. The third kappa shape index (κ3) is 2.02. The topological polar surface area (TPSA) is 63.3 Å². The number of carboxylic acids is 1. The molecule has 0 bridgehead atoms. The van der Waals surface area contributed by atoms with Crippen molar-refractivity contribution in [1.82, 2.24) is 0 Å². The number of rotatable bonds is 1. The maximum atomic E-state index is 11.3. The van der Waals surface area contributed by atoms with Crippen LogP contribution in [0.2, 0.25) is 0 Å². The molecule has 3 N–H and O–H groups in total. The molecule has 1 spiro atoms. The maximum Gasteiger partial charge on any atom is 0.309 e.